The van der Waals surface area contributed by atoms with E-state index in [1.54, 1.807) is 7.11 Å². The Bertz CT molecular complexity index is 1040. The molecule has 1 aliphatic heterocycles. The fraction of sp³-hybridized carbons (Fsp3) is 0.381. The normalized spacial score (nSPS) is 16.8. The van der Waals surface area contributed by atoms with Crippen molar-refractivity contribution in [1.82, 2.24) is 25.2 Å². The van der Waals surface area contributed by atoms with Gasteiger partial charge in [-0.1, -0.05) is 17.7 Å². The van der Waals surface area contributed by atoms with E-state index in [2.05, 4.69) is 32.7 Å². The van der Waals surface area contributed by atoms with Gasteiger partial charge < -0.3 is 20.3 Å². The number of methoxy groups -OCH3 is 1. The minimum absolute atomic E-state index is 0.265. The Kier molecular flexibility index (Phi) is 6.23. The van der Waals surface area contributed by atoms with Crippen molar-refractivity contribution in [2.45, 2.75) is 25.9 Å². The van der Waals surface area contributed by atoms with Crippen LogP contribution in [0.2, 0.25) is 5.02 Å². The minimum Gasteiger partial charge on any atom is -0.495 e. The molecule has 0 bridgehead atoms. The van der Waals surface area contributed by atoms with Gasteiger partial charge in [-0.3, -0.25) is 4.40 Å². The highest BCUT2D eigenvalue weighted by Crippen LogP contribution is 2.33. The van der Waals surface area contributed by atoms with Gasteiger partial charge in [-0.05, 0) is 43.7 Å². The fourth-order valence-electron chi connectivity index (χ4n) is 3.67. The number of nitrogens with one attached hydrogen (secondary N) is 2. The molecule has 1 unspecified atom stereocenters. The second-order valence-electron chi connectivity index (χ2n) is 7.13. The summed E-state index contributed by atoms with van der Waals surface area (Å²) in [5.74, 6) is 2.41. The van der Waals surface area contributed by atoms with Crippen molar-refractivity contribution < 1.29 is 4.74 Å². The molecule has 8 nitrogen and oxygen atoms in total. The molecule has 158 valence electrons. The smallest absolute Gasteiger partial charge is 0.191 e. The number of halogens is 1. The van der Waals surface area contributed by atoms with Gasteiger partial charge in [0, 0.05) is 36.9 Å². The third-order valence-electron chi connectivity index (χ3n) is 5.12. The van der Waals surface area contributed by atoms with E-state index >= 15 is 0 Å². The lowest BCUT2D eigenvalue weighted by atomic mass is 10.2. The molecule has 2 aromatic heterocycles. The Labute approximate surface area is 180 Å². The number of anilines is 1. The molecule has 0 amide bonds. The van der Waals surface area contributed by atoms with Crippen molar-refractivity contribution in [3.63, 3.8) is 0 Å². The van der Waals surface area contributed by atoms with E-state index in [1.807, 2.05) is 47.0 Å². The maximum atomic E-state index is 6.21. The Morgan fingerprint density at radius 1 is 1.30 bits per heavy atom. The number of hydrogen-bond acceptors (Lipinski definition) is 5. The standard InChI is InChI=1S/C21H26ClN7O/c1-3-23-21(24-13-20-27-26-19-6-4-5-10-29(19)20)25-16-9-11-28(14-16)17-12-15(22)7-8-18(17)30-2/h4-8,10,12,16H,3,9,11,13-14H2,1-2H3,(H2,23,24,25). The van der Waals surface area contributed by atoms with Crippen LogP contribution in [0.15, 0.2) is 47.6 Å². The minimum atomic E-state index is 0.265. The van der Waals surface area contributed by atoms with Crippen LogP contribution in [0.3, 0.4) is 0 Å². The molecule has 1 aliphatic rings. The van der Waals surface area contributed by atoms with Crippen LogP contribution in [0.1, 0.15) is 19.2 Å². The molecule has 3 heterocycles. The SMILES string of the molecule is CCNC(=NCc1nnc2ccccn12)NC1CCN(c2cc(Cl)ccc2OC)C1. The lowest BCUT2D eigenvalue weighted by Gasteiger charge is -2.22. The lowest BCUT2D eigenvalue weighted by molar-refractivity contribution is 0.415. The van der Waals surface area contributed by atoms with Gasteiger partial charge in [-0.2, -0.15) is 0 Å². The predicted octanol–water partition coefficient (Wildman–Crippen LogP) is 2.73. The molecule has 9 heteroatoms. The third kappa shape index (κ3) is 4.43. The van der Waals surface area contributed by atoms with E-state index in [0.717, 1.165) is 54.9 Å². The summed E-state index contributed by atoms with van der Waals surface area (Å²) in [6.07, 6.45) is 2.95. The summed E-state index contributed by atoms with van der Waals surface area (Å²) in [7, 11) is 1.68. The van der Waals surface area contributed by atoms with E-state index in [9.17, 15) is 0 Å². The van der Waals surface area contributed by atoms with Crippen molar-refractivity contribution in [2.24, 2.45) is 4.99 Å². The summed E-state index contributed by atoms with van der Waals surface area (Å²) < 4.78 is 7.46. The number of fused-ring (bicyclic) bond motifs is 1. The average molecular weight is 428 g/mol. The van der Waals surface area contributed by atoms with Gasteiger partial charge in [0.15, 0.2) is 17.4 Å². The predicted molar refractivity (Wildman–Crippen MR) is 120 cm³/mol. The largest absolute Gasteiger partial charge is 0.495 e. The van der Waals surface area contributed by atoms with Gasteiger partial charge in [0.25, 0.3) is 0 Å². The van der Waals surface area contributed by atoms with Crippen molar-refractivity contribution >= 4 is 28.9 Å². The first kappa shape index (κ1) is 20.3. The van der Waals surface area contributed by atoms with Gasteiger partial charge >= 0.3 is 0 Å². The number of rotatable bonds is 6. The Balaban J connectivity index is 1.44. The number of guanidine groups is 1. The topological polar surface area (TPSA) is 79.1 Å². The molecule has 1 fully saturated rings. The number of ether oxygens (including phenoxy) is 1. The van der Waals surface area contributed by atoms with Crippen LogP contribution < -0.4 is 20.3 Å². The van der Waals surface area contributed by atoms with Gasteiger partial charge in [0.05, 0.1) is 12.8 Å². The molecule has 4 rings (SSSR count). The number of pyridine rings is 1. The van der Waals surface area contributed by atoms with E-state index < -0.39 is 0 Å². The summed E-state index contributed by atoms with van der Waals surface area (Å²) in [4.78, 5) is 7.01. The highest BCUT2D eigenvalue weighted by atomic mass is 35.5. The first-order valence-electron chi connectivity index (χ1n) is 10.1. The first-order valence-corrected chi connectivity index (χ1v) is 10.5. The average Bonchev–Trinajstić information content (AvgIpc) is 3.39. The number of nitrogens with zero attached hydrogens (tertiary/aromatic N) is 5. The number of aliphatic imine (C=N–C) groups is 1. The summed E-state index contributed by atoms with van der Waals surface area (Å²) in [5.41, 5.74) is 1.84. The van der Waals surface area contributed by atoms with Crippen LogP contribution in [0.25, 0.3) is 5.65 Å². The molecule has 1 atom stereocenters. The molecule has 3 aromatic rings. The highest BCUT2D eigenvalue weighted by Gasteiger charge is 2.25. The van der Waals surface area contributed by atoms with Crippen LogP contribution in [-0.2, 0) is 6.54 Å². The van der Waals surface area contributed by atoms with Crippen LogP contribution in [0.5, 0.6) is 5.75 Å². The Morgan fingerprint density at radius 3 is 3.03 bits per heavy atom. The number of aromatic nitrogens is 3. The second kappa shape index (κ2) is 9.21. The molecule has 2 N–H and O–H groups in total. The molecule has 0 radical (unpaired) electrons. The number of benzene rings is 1. The van der Waals surface area contributed by atoms with Crippen molar-refractivity contribution in [3.05, 3.63) is 53.4 Å². The van der Waals surface area contributed by atoms with Crippen molar-refractivity contribution in [2.75, 3.05) is 31.6 Å². The maximum absolute atomic E-state index is 6.21. The van der Waals surface area contributed by atoms with Crippen molar-refractivity contribution in [1.29, 1.82) is 0 Å². The van der Waals surface area contributed by atoms with Crippen LogP contribution in [-0.4, -0.2) is 53.3 Å². The Hall–Kier alpha value is -3.00. The van der Waals surface area contributed by atoms with Gasteiger partial charge in [-0.15, -0.1) is 10.2 Å². The quantitative estimate of drug-likeness (QED) is 0.465. The maximum Gasteiger partial charge on any atom is 0.191 e. The van der Waals surface area contributed by atoms with Crippen LogP contribution >= 0.6 is 11.6 Å². The molecular weight excluding hydrogens is 402 g/mol. The summed E-state index contributed by atoms with van der Waals surface area (Å²) in [6.45, 7) is 5.04. The molecule has 0 spiro atoms. The number of hydrogen-bond donors (Lipinski definition) is 2. The third-order valence-corrected chi connectivity index (χ3v) is 5.35. The summed E-state index contributed by atoms with van der Waals surface area (Å²) in [6, 6.07) is 11.8. The Morgan fingerprint density at radius 2 is 2.20 bits per heavy atom. The van der Waals surface area contributed by atoms with E-state index in [1.165, 1.54) is 0 Å². The highest BCUT2D eigenvalue weighted by molar-refractivity contribution is 6.30. The lowest BCUT2D eigenvalue weighted by Crippen LogP contribution is -2.44. The molecule has 0 saturated carbocycles. The zero-order valence-corrected chi connectivity index (χ0v) is 17.9. The van der Waals surface area contributed by atoms with Gasteiger partial charge in [-0.25, -0.2) is 4.99 Å². The molecule has 0 aliphatic carbocycles. The summed E-state index contributed by atoms with van der Waals surface area (Å²) >= 11 is 6.21. The van der Waals surface area contributed by atoms with Gasteiger partial charge in [0.2, 0.25) is 0 Å². The molecule has 1 aromatic carbocycles. The monoisotopic (exact) mass is 427 g/mol. The first-order chi connectivity index (χ1) is 14.7. The van der Waals surface area contributed by atoms with Gasteiger partial charge in [0.1, 0.15) is 12.3 Å². The zero-order chi connectivity index (χ0) is 20.9. The van der Waals surface area contributed by atoms with E-state index in [0.29, 0.717) is 11.6 Å². The fourth-order valence-corrected chi connectivity index (χ4v) is 3.84. The van der Waals surface area contributed by atoms with E-state index in [-0.39, 0.29) is 6.04 Å². The van der Waals surface area contributed by atoms with Crippen LogP contribution in [0, 0.1) is 0 Å². The summed E-state index contributed by atoms with van der Waals surface area (Å²) in [5, 5.41) is 16.0. The molecular formula is C21H26ClN7O. The van der Waals surface area contributed by atoms with E-state index in [4.69, 9.17) is 21.3 Å². The zero-order valence-electron chi connectivity index (χ0n) is 17.2. The van der Waals surface area contributed by atoms with Crippen molar-refractivity contribution in [3.8, 4) is 5.75 Å². The molecule has 30 heavy (non-hydrogen) atoms. The van der Waals surface area contributed by atoms with Crippen LogP contribution in [0.4, 0.5) is 5.69 Å². The second-order valence-corrected chi connectivity index (χ2v) is 7.57. The molecule has 1 saturated heterocycles.